The van der Waals surface area contributed by atoms with E-state index in [2.05, 4.69) is 37.6 Å². The Morgan fingerprint density at radius 2 is 1.80 bits per heavy atom. The first-order chi connectivity index (χ1) is 14.6. The van der Waals surface area contributed by atoms with Crippen LogP contribution < -0.4 is 10.6 Å². The Morgan fingerprint density at radius 1 is 1.07 bits per heavy atom. The van der Waals surface area contributed by atoms with Gasteiger partial charge in [0.2, 0.25) is 10.9 Å². The maximum atomic E-state index is 12.2. The average Bonchev–Trinajstić information content (AvgIpc) is 3.26. The molecule has 2 heterocycles. The number of rotatable bonds is 10. The quantitative estimate of drug-likeness (QED) is 0.559. The highest BCUT2D eigenvalue weighted by atomic mass is 32.1. The number of hydrogen-bond acceptors (Lipinski definition) is 7. The van der Waals surface area contributed by atoms with E-state index in [4.69, 9.17) is 0 Å². The van der Waals surface area contributed by atoms with Gasteiger partial charge in [-0.2, -0.15) is 0 Å². The van der Waals surface area contributed by atoms with E-state index in [1.165, 1.54) is 11.3 Å². The standard InChI is InChI=1S/C21H30N6O2S/c1-2-26-13-15-27(16-14-26)12-6-11-22-18(28)9-10-19-24-25-21(30-19)20(29)23-17-7-4-3-5-8-17/h3-5,7-8H,2,6,9-16H2,1H3,(H,22,28)(H,23,29). The Hall–Kier alpha value is -2.36. The predicted molar refractivity (Wildman–Crippen MR) is 119 cm³/mol. The molecule has 1 aromatic carbocycles. The van der Waals surface area contributed by atoms with Crippen molar-refractivity contribution in [3.8, 4) is 0 Å². The Balaban J connectivity index is 1.30. The molecule has 1 saturated heterocycles. The Kier molecular flexibility index (Phi) is 8.73. The topological polar surface area (TPSA) is 90.5 Å². The number of para-hydroxylation sites is 1. The number of piperazine rings is 1. The maximum Gasteiger partial charge on any atom is 0.286 e. The molecule has 1 fully saturated rings. The van der Waals surface area contributed by atoms with Crippen molar-refractivity contribution < 1.29 is 9.59 Å². The van der Waals surface area contributed by atoms with Crippen molar-refractivity contribution in [3.05, 3.63) is 40.3 Å². The fraction of sp³-hybridized carbons (Fsp3) is 0.524. The molecule has 162 valence electrons. The summed E-state index contributed by atoms with van der Waals surface area (Å²) >= 11 is 1.23. The lowest BCUT2D eigenvalue weighted by molar-refractivity contribution is -0.121. The number of amides is 2. The third-order valence-corrected chi connectivity index (χ3v) is 6.13. The molecule has 2 amide bonds. The summed E-state index contributed by atoms with van der Waals surface area (Å²) in [6, 6.07) is 9.22. The zero-order valence-corrected chi connectivity index (χ0v) is 18.3. The van der Waals surface area contributed by atoms with Gasteiger partial charge in [-0.3, -0.25) is 9.59 Å². The number of likely N-dealkylation sites (N-methyl/N-ethyl adjacent to an activating group) is 1. The van der Waals surface area contributed by atoms with Gasteiger partial charge in [0.1, 0.15) is 5.01 Å². The predicted octanol–water partition coefficient (Wildman–Crippen LogP) is 1.87. The van der Waals surface area contributed by atoms with E-state index in [0.29, 0.717) is 35.1 Å². The summed E-state index contributed by atoms with van der Waals surface area (Å²) in [7, 11) is 0. The average molecular weight is 431 g/mol. The number of aromatic nitrogens is 2. The van der Waals surface area contributed by atoms with Crippen molar-refractivity contribution in [3.63, 3.8) is 0 Å². The number of benzene rings is 1. The molecule has 1 aliphatic rings. The largest absolute Gasteiger partial charge is 0.356 e. The Morgan fingerprint density at radius 3 is 2.53 bits per heavy atom. The van der Waals surface area contributed by atoms with Crippen LogP contribution in [0, 0.1) is 0 Å². The van der Waals surface area contributed by atoms with Crippen LogP contribution in [0.2, 0.25) is 0 Å². The smallest absolute Gasteiger partial charge is 0.286 e. The lowest BCUT2D eigenvalue weighted by atomic mass is 10.2. The van der Waals surface area contributed by atoms with Crippen molar-refractivity contribution in [2.24, 2.45) is 0 Å². The van der Waals surface area contributed by atoms with Crippen LogP contribution in [-0.2, 0) is 11.2 Å². The molecular formula is C21H30N6O2S. The number of aryl methyl sites for hydroxylation is 1. The van der Waals surface area contributed by atoms with Gasteiger partial charge in [-0.15, -0.1) is 10.2 Å². The van der Waals surface area contributed by atoms with Gasteiger partial charge in [-0.1, -0.05) is 36.5 Å². The van der Waals surface area contributed by atoms with Gasteiger partial charge in [-0.05, 0) is 31.6 Å². The number of carbonyl (C=O) groups is 2. The zero-order chi connectivity index (χ0) is 21.2. The minimum Gasteiger partial charge on any atom is -0.356 e. The molecule has 0 spiro atoms. The lowest BCUT2D eigenvalue weighted by Gasteiger charge is -2.33. The van der Waals surface area contributed by atoms with E-state index in [-0.39, 0.29) is 11.8 Å². The molecule has 8 nitrogen and oxygen atoms in total. The SMILES string of the molecule is CCN1CCN(CCCNC(=O)CCc2nnc(C(=O)Nc3ccccc3)s2)CC1. The maximum absolute atomic E-state index is 12.2. The monoisotopic (exact) mass is 430 g/mol. The minimum absolute atomic E-state index is 0.0105. The second kappa shape index (κ2) is 11.7. The lowest BCUT2D eigenvalue weighted by Crippen LogP contribution is -2.46. The van der Waals surface area contributed by atoms with Crippen molar-refractivity contribution in [2.75, 3.05) is 51.1 Å². The van der Waals surface area contributed by atoms with Gasteiger partial charge >= 0.3 is 0 Å². The molecule has 1 aromatic heterocycles. The summed E-state index contributed by atoms with van der Waals surface area (Å²) in [6.45, 7) is 9.52. The molecule has 2 aromatic rings. The second-order valence-corrected chi connectivity index (χ2v) is 8.36. The van der Waals surface area contributed by atoms with Crippen molar-refractivity contribution in [2.45, 2.75) is 26.2 Å². The number of hydrogen-bond donors (Lipinski definition) is 2. The zero-order valence-electron chi connectivity index (χ0n) is 17.5. The third kappa shape index (κ3) is 7.16. The van der Waals surface area contributed by atoms with E-state index in [0.717, 1.165) is 45.7 Å². The number of nitrogens with one attached hydrogen (secondary N) is 2. The fourth-order valence-corrected chi connectivity index (χ4v) is 4.06. The van der Waals surface area contributed by atoms with E-state index in [9.17, 15) is 9.59 Å². The highest BCUT2D eigenvalue weighted by molar-refractivity contribution is 7.13. The van der Waals surface area contributed by atoms with Crippen LogP contribution in [0.5, 0.6) is 0 Å². The van der Waals surface area contributed by atoms with E-state index < -0.39 is 0 Å². The van der Waals surface area contributed by atoms with Crippen LogP contribution in [0.4, 0.5) is 5.69 Å². The van der Waals surface area contributed by atoms with Gasteiger partial charge in [0.25, 0.3) is 5.91 Å². The molecule has 0 atom stereocenters. The van der Waals surface area contributed by atoms with Crippen LogP contribution in [0.3, 0.4) is 0 Å². The highest BCUT2D eigenvalue weighted by Crippen LogP contribution is 2.14. The summed E-state index contributed by atoms with van der Waals surface area (Å²) in [6.07, 6.45) is 1.80. The van der Waals surface area contributed by atoms with Crippen molar-refractivity contribution in [1.82, 2.24) is 25.3 Å². The van der Waals surface area contributed by atoms with Gasteiger partial charge in [-0.25, -0.2) is 0 Å². The first-order valence-electron chi connectivity index (χ1n) is 10.5. The van der Waals surface area contributed by atoms with Crippen LogP contribution in [0.25, 0.3) is 0 Å². The van der Waals surface area contributed by atoms with Crippen molar-refractivity contribution >= 4 is 28.8 Å². The number of carbonyl (C=O) groups excluding carboxylic acids is 2. The van der Waals surface area contributed by atoms with E-state index in [1.807, 2.05) is 30.3 Å². The molecular weight excluding hydrogens is 400 g/mol. The summed E-state index contributed by atoms with van der Waals surface area (Å²) in [4.78, 5) is 29.2. The first kappa shape index (κ1) is 22.3. The van der Waals surface area contributed by atoms with Crippen LogP contribution >= 0.6 is 11.3 Å². The molecule has 2 N–H and O–H groups in total. The Labute approximate surface area is 181 Å². The molecule has 0 radical (unpaired) electrons. The highest BCUT2D eigenvalue weighted by Gasteiger charge is 2.15. The van der Waals surface area contributed by atoms with Crippen LogP contribution in [0.1, 0.15) is 34.6 Å². The van der Waals surface area contributed by atoms with Crippen molar-refractivity contribution in [1.29, 1.82) is 0 Å². The molecule has 30 heavy (non-hydrogen) atoms. The van der Waals surface area contributed by atoms with Gasteiger partial charge in [0.05, 0.1) is 0 Å². The fourth-order valence-electron chi connectivity index (χ4n) is 3.32. The summed E-state index contributed by atoms with van der Waals surface area (Å²) in [5.41, 5.74) is 0.714. The van der Waals surface area contributed by atoms with E-state index >= 15 is 0 Å². The second-order valence-electron chi connectivity index (χ2n) is 7.30. The molecule has 3 rings (SSSR count). The number of nitrogens with zero attached hydrogens (tertiary/aromatic N) is 4. The van der Waals surface area contributed by atoms with Gasteiger partial charge in [0, 0.05) is 51.3 Å². The summed E-state index contributed by atoms with van der Waals surface area (Å²) in [5, 5.41) is 14.7. The third-order valence-electron chi connectivity index (χ3n) is 5.14. The van der Waals surface area contributed by atoms with E-state index in [1.54, 1.807) is 0 Å². The van der Waals surface area contributed by atoms with Gasteiger partial charge < -0.3 is 20.4 Å². The molecule has 0 bridgehead atoms. The molecule has 1 aliphatic heterocycles. The Bertz CT molecular complexity index is 805. The summed E-state index contributed by atoms with van der Waals surface area (Å²) in [5.74, 6) is -0.273. The first-order valence-corrected chi connectivity index (χ1v) is 11.4. The van der Waals surface area contributed by atoms with Gasteiger partial charge in [0.15, 0.2) is 0 Å². The molecule has 0 unspecified atom stereocenters. The molecule has 0 aliphatic carbocycles. The normalized spacial score (nSPS) is 15.1. The van der Waals surface area contributed by atoms with Crippen LogP contribution in [0.15, 0.2) is 30.3 Å². The summed E-state index contributed by atoms with van der Waals surface area (Å²) < 4.78 is 0. The molecule has 9 heteroatoms. The minimum atomic E-state index is -0.283. The molecule has 0 saturated carbocycles. The number of anilines is 1. The van der Waals surface area contributed by atoms with Crippen LogP contribution in [-0.4, -0.2) is 77.6 Å².